The molecule has 2 N–H and O–H groups in total. The van der Waals surface area contributed by atoms with Crippen LogP contribution >= 0.6 is 0 Å². The Hall–Kier alpha value is -4.46. The first-order valence-electron chi connectivity index (χ1n) is 10.8. The second-order valence-corrected chi connectivity index (χ2v) is 7.84. The molecule has 8 heteroatoms. The monoisotopic (exact) mass is 456 g/mol. The van der Waals surface area contributed by atoms with Crippen molar-refractivity contribution in [1.82, 2.24) is 15.0 Å². The topological polar surface area (TPSA) is 106 Å². The summed E-state index contributed by atoms with van der Waals surface area (Å²) >= 11 is 0. The minimum absolute atomic E-state index is 0.0213. The number of hydrogen-bond donors (Lipinski definition) is 2. The highest BCUT2D eigenvalue weighted by Gasteiger charge is 2.18. The Morgan fingerprint density at radius 1 is 1.00 bits per heavy atom. The lowest BCUT2D eigenvalue weighted by Gasteiger charge is -2.15. The van der Waals surface area contributed by atoms with E-state index < -0.39 is 18.2 Å². The summed E-state index contributed by atoms with van der Waals surface area (Å²) in [5, 5.41) is 20.0. The lowest BCUT2D eigenvalue weighted by atomic mass is 10.0. The average Bonchev–Trinajstić information content (AvgIpc) is 3.19. The first-order valence-corrected chi connectivity index (χ1v) is 10.8. The summed E-state index contributed by atoms with van der Waals surface area (Å²) in [6.45, 7) is 3.56. The van der Waals surface area contributed by atoms with Gasteiger partial charge in [0.2, 0.25) is 0 Å². The minimum Gasteiger partial charge on any atom is -0.481 e. The zero-order chi connectivity index (χ0) is 24.1. The van der Waals surface area contributed by atoms with E-state index in [-0.39, 0.29) is 6.42 Å². The number of rotatable bonds is 7. The Labute approximate surface area is 196 Å². The van der Waals surface area contributed by atoms with Crippen LogP contribution in [0.4, 0.5) is 10.6 Å². The highest BCUT2D eigenvalue weighted by atomic mass is 16.6. The molecule has 0 spiro atoms. The maximum atomic E-state index is 12.6. The van der Waals surface area contributed by atoms with Crippen LogP contribution in [-0.4, -0.2) is 32.2 Å². The van der Waals surface area contributed by atoms with E-state index in [9.17, 15) is 9.59 Å². The number of nitrogens with one attached hydrogen (secondary N) is 1. The minimum atomic E-state index is -0.868. The summed E-state index contributed by atoms with van der Waals surface area (Å²) in [5.74, 6) is -0.452. The van der Waals surface area contributed by atoms with E-state index in [1.165, 1.54) is 0 Å². The van der Waals surface area contributed by atoms with E-state index in [0.717, 1.165) is 22.3 Å². The SMILES string of the molecule is Cc1nnn(-c2cccc(-c3ccc(CC(=O)O)cc3)c2)c1NC(=O)OC(C)c1ccccc1. The normalized spacial score (nSPS) is 11.6. The molecule has 0 aliphatic rings. The lowest BCUT2D eigenvalue weighted by molar-refractivity contribution is -0.136. The fraction of sp³-hybridized carbons (Fsp3) is 0.154. The molecule has 0 fully saturated rings. The molecule has 34 heavy (non-hydrogen) atoms. The zero-order valence-electron chi connectivity index (χ0n) is 18.8. The summed E-state index contributed by atoms with van der Waals surface area (Å²) in [6.07, 6.45) is -1.04. The van der Waals surface area contributed by atoms with Crippen molar-refractivity contribution in [3.63, 3.8) is 0 Å². The predicted molar refractivity (Wildman–Crippen MR) is 128 cm³/mol. The van der Waals surface area contributed by atoms with E-state index in [0.29, 0.717) is 17.2 Å². The Morgan fingerprint density at radius 2 is 1.74 bits per heavy atom. The van der Waals surface area contributed by atoms with Crippen LogP contribution in [0.2, 0.25) is 0 Å². The van der Waals surface area contributed by atoms with Crippen LogP contribution in [0.3, 0.4) is 0 Å². The molecule has 1 amide bonds. The summed E-state index contributed by atoms with van der Waals surface area (Å²) in [7, 11) is 0. The molecule has 0 aliphatic carbocycles. The van der Waals surface area contributed by atoms with Gasteiger partial charge in [-0.3, -0.25) is 10.1 Å². The predicted octanol–water partition coefficient (Wildman–Crippen LogP) is 5.18. The molecule has 172 valence electrons. The summed E-state index contributed by atoms with van der Waals surface area (Å²) in [6, 6.07) is 24.5. The van der Waals surface area contributed by atoms with Gasteiger partial charge in [-0.15, -0.1) is 5.10 Å². The van der Waals surface area contributed by atoms with Crippen molar-refractivity contribution in [2.75, 3.05) is 5.32 Å². The average molecular weight is 457 g/mol. The number of carbonyl (C=O) groups is 2. The van der Waals surface area contributed by atoms with Crippen LogP contribution in [0.5, 0.6) is 0 Å². The molecule has 4 aromatic rings. The molecule has 0 saturated heterocycles. The molecular weight excluding hydrogens is 432 g/mol. The number of carboxylic acid groups (broad SMARTS) is 1. The van der Waals surface area contributed by atoms with Gasteiger partial charge in [0.15, 0.2) is 5.82 Å². The quantitative estimate of drug-likeness (QED) is 0.397. The van der Waals surface area contributed by atoms with Crippen molar-refractivity contribution in [1.29, 1.82) is 0 Å². The summed E-state index contributed by atoms with van der Waals surface area (Å²) in [4.78, 5) is 23.5. The van der Waals surface area contributed by atoms with Gasteiger partial charge in [0.05, 0.1) is 12.1 Å². The highest BCUT2D eigenvalue weighted by molar-refractivity contribution is 5.84. The molecule has 0 saturated carbocycles. The van der Waals surface area contributed by atoms with E-state index in [1.807, 2.05) is 73.7 Å². The number of nitrogens with zero attached hydrogens (tertiary/aromatic N) is 3. The number of aryl methyl sites for hydroxylation is 1. The summed E-state index contributed by atoms with van der Waals surface area (Å²) < 4.78 is 7.07. The van der Waals surface area contributed by atoms with Crippen LogP contribution in [0.1, 0.15) is 29.8 Å². The standard InChI is InChI=1S/C26H24N4O4/c1-17-25(27-26(33)34-18(2)20-7-4-3-5-8-20)30(29-28-17)23-10-6-9-22(16-23)21-13-11-19(12-14-21)15-24(31)32/h3-14,16,18H,15H2,1-2H3,(H,27,33)(H,31,32). The third-order valence-corrected chi connectivity index (χ3v) is 5.35. The number of carbonyl (C=O) groups excluding carboxylic acids is 1. The number of ether oxygens (including phenoxy) is 1. The number of aromatic nitrogens is 3. The zero-order valence-corrected chi connectivity index (χ0v) is 18.8. The molecule has 1 heterocycles. The maximum Gasteiger partial charge on any atom is 0.413 e. The number of benzene rings is 3. The van der Waals surface area contributed by atoms with Crippen molar-refractivity contribution < 1.29 is 19.4 Å². The smallest absolute Gasteiger partial charge is 0.413 e. The Bertz CT molecular complexity index is 1300. The van der Waals surface area contributed by atoms with Gasteiger partial charge in [-0.1, -0.05) is 71.9 Å². The molecular formula is C26H24N4O4. The lowest BCUT2D eigenvalue weighted by Crippen LogP contribution is -2.18. The fourth-order valence-electron chi connectivity index (χ4n) is 3.57. The van der Waals surface area contributed by atoms with Gasteiger partial charge >= 0.3 is 12.1 Å². The number of carboxylic acids is 1. The molecule has 3 aromatic carbocycles. The summed E-state index contributed by atoms with van der Waals surface area (Å²) in [5.41, 5.74) is 4.72. The van der Waals surface area contributed by atoms with Gasteiger partial charge in [0, 0.05) is 0 Å². The third-order valence-electron chi connectivity index (χ3n) is 5.35. The van der Waals surface area contributed by atoms with Gasteiger partial charge in [0.1, 0.15) is 11.8 Å². The van der Waals surface area contributed by atoms with Gasteiger partial charge in [0.25, 0.3) is 0 Å². The van der Waals surface area contributed by atoms with Crippen molar-refractivity contribution >= 4 is 17.9 Å². The second kappa shape index (κ2) is 9.99. The molecule has 0 radical (unpaired) electrons. The number of amides is 1. The van der Waals surface area contributed by atoms with Gasteiger partial charge in [-0.2, -0.15) is 4.68 Å². The largest absolute Gasteiger partial charge is 0.481 e. The van der Waals surface area contributed by atoms with E-state index in [2.05, 4.69) is 15.6 Å². The molecule has 1 aromatic heterocycles. The van der Waals surface area contributed by atoms with Crippen molar-refractivity contribution in [2.24, 2.45) is 0 Å². The van der Waals surface area contributed by atoms with Crippen molar-refractivity contribution in [3.8, 4) is 16.8 Å². The second-order valence-electron chi connectivity index (χ2n) is 7.84. The molecule has 1 unspecified atom stereocenters. The molecule has 1 atom stereocenters. The highest BCUT2D eigenvalue weighted by Crippen LogP contribution is 2.25. The molecule has 4 rings (SSSR count). The first-order chi connectivity index (χ1) is 16.4. The number of aliphatic carboxylic acids is 1. The Kier molecular flexibility index (Phi) is 6.68. The van der Waals surface area contributed by atoms with Crippen LogP contribution in [0.25, 0.3) is 16.8 Å². The third kappa shape index (κ3) is 5.29. The molecule has 0 bridgehead atoms. The molecule has 0 aliphatic heterocycles. The number of hydrogen-bond acceptors (Lipinski definition) is 5. The van der Waals surface area contributed by atoms with Crippen LogP contribution in [-0.2, 0) is 16.0 Å². The fourth-order valence-corrected chi connectivity index (χ4v) is 3.57. The molecule has 8 nitrogen and oxygen atoms in total. The Morgan fingerprint density at radius 3 is 2.44 bits per heavy atom. The first kappa shape index (κ1) is 22.7. The Balaban J connectivity index is 1.53. The van der Waals surface area contributed by atoms with Crippen LogP contribution in [0.15, 0.2) is 78.9 Å². The van der Waals surface area contributed by atoms with E-state index in [1.54, 1.807) is 23.7 Å². The van der Waals surface area contributed by atoms with Gasteiger partial charge in [-0.25, -0.2) is 4.79 Å². The van der Waals surface area contributed by atoms with Crippen LogP contribution < -0.4 is 5.32 Å². The number of anilines is 1. The van der Waals surface area contributed by atoms with Crippen molar-refractivity contribution in [3.05, 3.63) is 95.7 Å². The van der Waals surface area contributed by atoms with Crippen LogP contribution in [0, 0.1) is 6.92 Å². The van der Waals surface area contributed by atoms with E-state index >= 15 is 0 Å². The van der Waals surface area contributed by atoms with E-state index in [4.69, 9.17) is 9.84 Å². The van der Waals surface area contributed by atoms with Crippen molar-refractivity contribution in [2.45, 2.75) is 26.4 Å². The van der Waals surface area contributed by atoms with Gasteiger partial charge in [-0.05, 0) is 48.2 Å². The van der Waals surface area contributed by atoms with Gasteiger partial charge < -0.3 is 9.84 Å². The maximum absolute atomic E-state index is 12.6.